The van der Waals surface area contributed by atoms with Crippen LogP contribution in [0.15, 0.2) is 0 Å². The zero-order chi connectivity index (χ0) is 9.94. The number of rotatable bonds is 2. The molecule has 0 saturated carbocycles. The van der Waals surface area contributed by atoms with Crippen LogP contribution < -0.4 is 0 Å². The SMILES string of the molecule is CC(O)C(=O)OC(O)C(C)(C)C. The molecule has 2 atom stereocenters. The molecule has 4 heteroatoms. The van der Waals surface area contributed by atoms with E-state index in [4.69, 9.17) is 5.11 Å². The van der Waals surface area contributed by atoms with E-state index in [1.807, 2.05) is 0 Å². The summed E-state index contributed by atoms with van der Waals surface area (Å²) in [4.78, 5) is 10.8. The minimum Gasteiger partial charge on any atom is -0.433 e. The summed E-state index contributed by atoms with van der Waals surface area (Å²) >= 11 is 0. The Morgan fingerprint density at radius 1 is 1.33 bits per heavy atom. The first-order valence-corrected chi connectivity index (χ1v) is 3.82. The highest BCUT2D eigenvalue weighted by molar-refractivity contribution is 5.73. The zero-order valence-electron chi connectivity index (χ0n) is 7.87. The Labute approximate surface area is 72.2 Å². The Kier molecular flexibility index (Phi) is 3.67. The molecule has 0 heterocycles. The van der Waals surface area contributed by atoms with E-state index in [9.17, 15) is 9.90 Å². The van der Waals surface area contributed by atoms with Gasteiger partial charge in [-0.25, -0.2) is 4.79 Å². The molecule has 2 N–H and O–H groups in total. The van der Waals surface area contributed by atoms with Gasteiger partial charge in [-0.15, -0.1) is 0 Å². The second kappa shape index (κ2) is 3.87. The molecule has 0 aromatic rings. The highest BCUT2D eigenvalue weighted by Gasteiger charge is 2.27. The molecular formula is C8H16O4. The van der Waals surface area contributed by atoms with Crippen molar-refractivity contribution >= 4 is 5.97 Å². The number of hydrogen-bond acceptors (Lipinski definition) is 4. The molecule has 0 aliphatic rings. The molecule has 72 valence electrons. The fourth-order valence-electron chi connectivity index (χ4n) is 0.385. The Morgan fingerprint density at radius 2 is 1.75 bits per heavy atom. The Balaban J connectivity index is 4.02. The predicted octanol–water partition coefficient (Wildman–Crippen LogP) is 0.275. The summed E-state index contributed by atoms with van der Waals surface area (Å²) < 4.78 is 4.54. The minimum absolute atomic E-state index is 0.523. The van der Waals surface area contributed by atoms with Gasteiger partial charge in [-0.05, 0) is 6.92 Å². The van der Waals surface area contributed by atoms with Crippen LogP contribution in [0.5, 0.6) is 0 Å². The topological polar surface area (TPSA) is 66.8 Å². The Morgan fingerprint density at radius 3 is 2.00 bits per heavy atom. The lowest BCUT2D eigenvalue weighted by Crippen LogP contribution is -2.34. The number of carbonyl (C=O) groups is 1. The van der Waals surface area contributed by atoms with Crippen LogP contribution in [0.4, 0.5) is 0 Å². The number of carbonyl (C=O) groups excluding carboxylic acids is 1. The van der Waals surface area contributed by atoms with Crippen LogP contribution in [-0.2, 0) is 9.53 Å². The fourth-order valence-corrected chi connectivity index (χ4v) is 0.385. The van der Waals surface area contributed by atoms with Crippen LogP contribution in [0.2, 0.25) is 0 Å². The second-order valence-corrected chi connectivity index (χ2v) is 3.83. The van der Waals surface area contributed by atoms with Crippen molar-refractivity contribution in [1.82, 2.24) is 0 Å². The third kappa shape index (κ3) is 3.69. The lowest BCUT2D eigenvalue weighted by atomic mass is 9.96. The van der Waals surface area contributed by atoms with E-state index >= 15 is 0 Å². The van der Waals surface area contributed by atoms with Crippen LogP contribution in [-0.4, -0.2) is 28.6 Å². The number of aliphatic hydroxyl groups is 2. The number of ether oxygens (including phenoxy) is 1. The summed E-state index contributed by atoms with van der Waals surface area (Å²) in [6.07, 6.45) is -2.37. The molecule has 0 aromatic heterocycles. The van der Waals surface area contributed by atoms with Crippen LogP contribution in [0.25, 0.3) is 0 Å². The molecule has 0 amide bonds. The van der Waals surface area contributed by atoms with E-state index in [1.165, 1.54) is 6.92 Å². The van der Waals surface area contributed by atoms with Gasteiger partial charge in [-0.2, -0.15) is 0 Å². The van der Waals surface area contributed by atoms with Crippen molar-refractivity contribution in [3.8, 4) is 0 Å². The normalized spacial score (nSPS) is 16.8. The number of aliphatic hydroxyl groups excluding tert-OH is 2. The van der Waals surface area contributed by atoms with Crippen LogP contribution in [0, 0.1) is 5.41 Å². The molecule has 0 aliphatic heterocycles. The van der Waals surface area contributed by atoms with Crippen LogP contribution in [0.3, 0.4) is 0 Å². The summed E-state index contributed by atoms with van der Waals surface area (Å²) in [6, 6.07) is 0. The van der Waals surface area contributed by atoms with Gasteiger partial charge in [-0.1, -0.05) is 20.8 Å². The average Bonchev–Trinajstić information content (AvgIpc) is 1.85. The summed E-state index contributed by atoms with van der Waals surface area (Å²) in [5, 5.41) is 18.0. The van der Waals surface area contributed by atoms with Crippen molar-refractivity contribution in [3.05, 3.63) is 0 Å². The summed E-state index contributed by atoms with van der Waals surface area (Å²) in [5.74, 6) is -0.808. The molecule has 0 aromatic carbocycles. The fraction of sp³-hybridized carbons (Fsp3) is 0.875. The van der Waals surface area contributed by atoms with Gasteiger partial charge >= 0.3 is 5.97 Å². The molecule has 0 bridgehead atoms. The Bertz CT molecular complexity index is 157. The van der Waals surface area contributed by atoms with E-state index in [-0.39, 0.29) is 0 Å². The highest BCUT2D eigenvalue weighted by atomic mass is 16.6. The largest absolute Gasteiger partial charge is 0.433 e. The second-order valence-electron chi connectivity index (χ2n) is 3.83. The first kappa shape index (κ1) is 11.4. The average molecular weight is 176 g/mol. The molecule has 4 nitrogen and oxygen atoms in total. The first-order valence-electron chi connectivity index (χ1n) is 3.82. The van der Waals surface area contributed by atoms with Gasteiger partial charge in [0.1, 0.15) is 6.10 Å². The van der Waals surface area contributed by atoms with Crippen molar-refractivity contribution < 1.29 is 19.7 Å². The summed E-state index contributed by atoms with van der Waals surface area (Å²) in [7, 11) is 0. The predicted molar refractivity (Wildman–Crippen MR) is 43.2 cm³/mol. The summed E-state index contributed by atoms with van der Waals surface area (Å²) in [5.41, 5.74) is -0.523. The minimum atomic E-state index is -1.19. The highest BCUT2D eigenvalue weighted by Crippen LogP contribution is 2.20. The van der Waals surface area contributed by atoms with Gasteiger partial charge in [0.2, 0.25) is 6.29 Å². The maximum Gasteiger partial charge on any atom is 0.336 e. The van der Waals surface area contributed by atoms with Crippen LogP contribution in [0.1, 0.15) is 27.7 Å². The number of hydrogen-bond donors (Lipinski definition) is 2. The first-order chi connectivity index (χ1) is 5.25. The van der Waals surface area contributed by atoms with E-state index in [2.05, 4.69) is 4.74 Å². The molecular weight excluding hydrogens is 160 g/mol. The van der Waals surface area contributed by atoms with Crippen molar-refractivity contribution in [2.45, 2.75) is 40.1 Å². The number of esters is 1. The molecule has 0 spiro atoms. The smallest absolute Gasteiger partial charge is 0.336 e. The third-order valence-electron chi connectivity index (χ3n) is 1.31. The van der Waals surface area contributed by atoms with Crippen molar-refractivity contribution in [2.75, 3.05) is 0 Å². The zero-order valence-corrected chi connectivity index (χ0v) is 7.87. The molecule has 0 radical (unpaired) electrons. The van der Waals surface area contributed by atoms with Gasteiger partial charge in [0.05, 0.1) is 0 Å². The Hall–Kier alpha value is -0.610. The van der Waals surface area contributed by atoms with E-state index in [0.717, 1.165) is 0 Å². The maximum atomic E-state index is 10.8. The van der Waals surface area contributed by atoms with Crippen LogP contribution >= 0.6 is 0 Å². The molecule has 0 saturated heterocycles. The van der Waals surface area contributed by atoms with E-state index < -0.39 is 23.8 Å². The lowest BCUT2D eigenvalue weighted by Gasteiger charge is -2.25. The quantitative estimate of drug-likeness (QED) is 0.468. The molecule has 12 heavy (non-hydrogen) atoms. The monoisotopic (exact) mass is 176 g/mol. The van der Waals surface area contributed by atoms with Gasteiger partial charge in [0, 0.05) is 5.41 Å². The molecule has 2 unspecified atom stereocenters. The standard InChI is InChI=1S/C8H16O4/c1-5(9)6(10)12-7(11)8(2,3)4/h5,7,9,11H,1-4H3. The van der Waals surface area contributed by atoms with E-state index in [0.29, 0.717) is 0 Å². The molecule has 0 aliphatic carbocycles. The van der Waals surface area contributed by atoms with Crippen molar-refractivity contribution in [2.24, 2.45) is 5.41 Å². The molecule has 0 rings (SSSR count). The van der Waals surface area contributed by atoms with Crippen molar-refractivity contribution in [1.29, 1.82) is 0 Å². The summed E-state index contributed by atoms with van der Waals surface area (Å²) in [6.45, 7) is 6.48. The van der Waals surface area contributed by atoms with Crippen molar-refractivity contribution in [3.63, 3.8) is 0 Å². The van der Waals surface area contributed by atoms with E-state index in [1.54, 1.807) is 20.8 Å². The maximum absolute atomic E-state index is 10.8. The van der Waals surface area contributed by atoms with Gasteiger partial charge in [0.25, 0.3) is 0 Å². The lowest BCUT2D eigenvalue weighted by molar-refractivity contribution is -0.194. The van der Waals surface area contributed by atoms with Gasteiger partial charge in [0.15, 0.2) is 0 Å². The van der Waals surface area contributed by atoms with Gasteiger partial charge in [-0.3, -0.25) is 0 Å². The third-order valence-corrected chi connectivity index (χ3v) is 1.31. The van der Waals surface area contributed by atoms with Gasteiger partial charge < -0.3 is 14.9 Å². The molecule has 0 fully saturated rings.